The summed E-state index contributed by atoms with van der Waals surface area (Å²) in [5.41, 5.74) is 1.57. The first-order valence-corrected chi connectivity index (χ1v) is 6.25. The molecule has 1 atom stereocenters. The Labute approximate surface area is 116 Å². The number of nitriles is 1. The molecule has 0 N–H and O–H groups in total. The van der Waals surface area contributed by atoms with Crippen LogP contribution in [0.15, 0.2) is 0 Å². The second-order valence-corrected chi connectivity index (χ2v) is 4.95. The second kappa shape index (κ2) is 4.60. The van der Waals surface area contributed by atoms with E-state index in [9.17, 15) is 14.4 Å². The van der Waals surface area contributed by atoms with Gasteiger partial charge in [0.25, 0.3) is 5.91 Å². The van der Waals surface area contributed by atoms with Gasteiger partial charge in [-0.25, -0.2) is 0 Å². The normalized spacial score (nSPS) is 16.8. The Bertz CT molecular complexity index is 679. The Morgan fingerprint density at radius 1 is 1.25 bits per heavy atom. The van der Waals surface area contributed by atoms with Crippen LogP contribution in [0.1, 0.15) is 50.7 Å². The zero-order valence-corrected chi connectivity index (χ0v) is 11.9. The summed E-state index contributed by atoms with van der Waals surface area (Å²) < 4.78 is 1.27. The van der Waals surface area contributed by atoms with Crippen molar-refractivity contribution in [1.29, 1.82) is 5.26 Å². The van der Waals surface area contributed by atoms with Crippen molar-refractivity contribution < 1.29 is 14.4 Å². The van der Waals surface area contributed by atoms with Crippen LogP contribution in [0.25, 0.3) is 0 Å². The van der Waals surface area contributed by atoms with Gasteiger partial charge >= 0.3 is 0 Å². The molecule has 1 amide bonds. The Morgan fingerprint density at radius 3 is 2.25 bits per heavy atom. The highest BCUT2D eigenvalue weighted by Gasteiger charge is 2.42. The molecule has 0 aromatic carbocycles. The first kappa shape index (κ1) is 14.0. The predicted molar refractivity (Wildman–Crippen MR) is 70.6 cm³/mol. The lowest BCUT2D eigenvalue weighted by atomic mass is 10.1. The zero-order valence-electron chi connectivity index (χ0n) is 11.9. The van der Waals surface area contributed by atoms with Crippen LogP contribution in [-0.2, 0) is 0 Å². The number of rotatable bonds is 2. The summed E-state index contributed by atoms with van der Waals surface area (Å²) in [6.45, 7) is 6.42. The van der Waals surface area contributed by atoms with E-state index in [0.717, 1.165) is 0 Å². The van der Waals surface area contributed by atoms with Gasteiger partial charge in [-0.2, -0.15) is 5.26 Å². The summed E-state index contributed by atoms with van der Waals surface area (Å²) in [7, 11) is 0. The number of aromatic nitrogens is 1. The van der Waals surface area contributed by atoms with Crippen molar-refractivity contribution in [2.75, 3.05) is 6.54 Å². The third-order valence-electron chi connectivity index (χ3n) is 3.54. The minimum atomic E-state index is -0.432. The van der Waals surface area contributed by atoms with Crippen molar-refractivity contribution in [2.45, 2.75) is 33.7 Å². The summed E-state index contributed by atoms with van der Waals surface area (Å²) in [5.74, 6) is -0.881. The summed E-state index contributed by atoms with van der Waals surface area (Å²) in [6.07, 6.45) is 0. The second-order valence-electron chi connectivity index (χ2n) is 4.95. The van der Waals surface area contributed by atoms with E-state index >= 15 is 0 Å². The fourth-order valence-electron chi connectivity index (χ4n) is 2.62. The van der Waals surface area contributed by atoms with Gasteiger partial charge in [-0.1, -0.05) is 0 Å². The van der Waals surface area contributed by atoms with E-state index in [2.05, 4.69) is 0 Å². The van der Waals surface area contributed by atoms with Gasteiger partial charge in [-0.15, -0.1) is 0 Å². The maximum Gasteiger partial charge on any atom is 0.272 e. The van der Waals surface area contributed by atoms with Gasteiger partial charge < -0.3 is 4.90 Å². The molecule has 2 heterocycles. The van der Waals surface area contributed by atoms with Crippen LogP contribution in [0.2, 0.25) is 0 Å². The molecule has 20 heavy (non-hydrogen) atoms. The van der Waals surface area contributed by atoms with Gasteiger partial charge in [0, 0.05) is 18.2 Å². The van der Waals surface area contributed by atoms with Crippen molar-refractivity contribution in [3.63, 3.8) is 0 Å². The standard InChI is InChI=1S/C14H15N3O3/c1-7-12(9(3)18)8(2)17(10(4)19)13(7)14(20)16-6-11(16)5-15/h11H,6H2,1-4H3. The van der Waals surface area contributed by atoms with E-state index in [-0.39, 0.29) is 23.3 Å². The monoisotopic (exact) mass is 273 g/mol. The smallest absolute Gasteiger partial charge is 0.272 e. The Hall–Kier alpha value is -2.42. The molecule has 1 aromatic heterocycles. The number of ketones is 1. The van der Waals surface area contributed by atoms with Crippen LogP contribution in [0, 0.1) is 25.2 Å². The molecule has 2 rings (SSSR count). The molecular formula is C14H15N3O3. The molecule has 1 aliphatic rings. The number of carbonyl (C=O) groups excluding carboxylic acids is 3. The van der Waals surface area contributed by atoms with E-state index in [1.165, 1.54) is 23.3 Å². The average molecular weight is 273 g/mol. The molecule has 0 radical (unpaired) electrons. The Balaban J connectivity index is 2.61. The number of nitrogens with zero attached hydrogens (tertiary/aromatic N) is 3. The van der Waals surface area contributed by atoms with Crippen LogP contribution in [0.4, 0.5) is 0 Å². The van der Waals surface area contributed by atoms with Gasteiger partial charge in [0.05, 0.1) is 12.6 Å². The molecule has 0 bridgehead atoms. The lowest BCUT2D eigenvalue weighted by molar-refractivity contribution is 0.0838. The predicted octanol–water partition coefficient (Wildman–Crippen LogP) is 1.32. The molecule has 1 unspecified atom stereocenters. The number of hydrogen-bond acceptors (Lipinski definition) is 4. The van der Waals surface area contributed by atoms with E-state index in [1.54, 1.807) is 13.8 Å². The molecule has 104 valence electrons. The molecule has 1 aromatic rings. The number of carbonyl (C=O) groups is 3. The van der Waals surface area contributed by atoms with E-state index in [0.29, 0.717) is 23.4 Å². The highest BCUT2D eigenvalue weighted by atomic mass is 16.2. The first-order valence-electron chi connectivity index (χ1n) is 6.25. The fraction of sp³-hybridized carbons (Fsp3) is 0.429. The number of amides is 1. The highest BCUT2D eigenvalue weighted by molar-refractivity contribution is 6.06. The molecule has 6 heteroatoms. The minimum Gasteiger partial charge on any atom is -0.316 e. The zero-order chi connectivity index (χ0) is 15.2. The SMILES string of the molecule is CC(=O)c1c(C)c(C(=O)N2CC2C#N)n(C(C)=O)c1C. The fourth-order valence-corrected chi connectivity index (χ4v) is 2.62. The van der Waals surface area contributed by atoms with Crippen molar-refractivity contribution in [2.24, 2.45) is 0 Å². The third-order valence-corrected chi connectivity index (χ3v) is 3.54. The molecular weight excluding hydrogens is 258 g/mol. The molecule has 0 spiro atoms. The van der Waals surface area contributed by atoms with Gasteiger partial charge in [0.2, 0.25) is 5.91 Å². The lowest BCUT2D eigenvalue weighted by Crippen LogP contribution is -2.22. The van der Waals surface area contributed by atoms with Crippen molar-refractivity contribution in [3.05, 3.63) is 22.5 Å². The summed E-state index contributed by atoms with van der Waals surface area (Å²) >= 11 is 0. The minimum absolute atomic E-state index is 0.184. The topological polar surface area (TPSA) is 82.9 Å². The molecule has 1 saturated heterocycles. The lowest BCUT2D eigenvalue weighted by Gasteiger charge is -2.08. The molecule has 1 aliphatic heterocycles. The van der Waals surface area contributed by atoms with Gasteiger partial charge in [0.15, 0.2) is 5.78 Å². The summed E-state index contributed by atoms with van der Waals surface area (Å²) in [6, 6.07) is 1.56. The summed E-state index contributed by atoms with van der Waals surface area (Å²) in [4.78, 5) is 37.3. The highest BCUT2D eigenvalue weighted by Crippen LogP contribution is 2.28. The van der Waals surface area contributed by atoms with Crippen LogP contribution in [0.5, 0.6) is 0 Å². The van der Waals surface area contributed by atoms with Gasteiger partial charge in [-0.3, -0.25) is 19.0 Å². The molecule has 6 nitrogen and oxygen atoms in total. The summed E-state index contributed by atoms with van der Waals surface area (Å²) in [5, 5.41) is 8.80. The molecule has 1 fully saturated rings. The van der Waals surface area contributed by atoms with Crippen molar-refractivity contribution in [1.82, 2.24) is 9.47 Å². The van der Waals surface area contributed by atoms with Crippen molar-refractivity contribution in [3.8, 4) is 6.07 Å². The van der Waals surface area contributed by atoms with Crippen LogP contribution in [-0.4, -0.2) is 39.7 Å². The quantitative estimate of drug-likeness (QED) is 0.601. The maximum atomic E-state index is 12.4. The van der Waals surface area contributed by atoms with Gasteiger partial charge in [-0.05, 0) is 26.3 Å². The van der Waals surface area contributed by atoms with Crippen LogP contribution >= 0.6 is 0 Å². The number of Topliss-reactive ketones (excluding diaryl/α,β-unsaturated/α-hetero) is 1. The molecule has 0 aliphatic carbocycles. The van der Waals surface area contributed by atoms with Crippen LogP contribution < -0.4 is 0 Å². The molecule has 0 saturated carbocycles. The van der Waals surface area contributed by atoms with E-state index in [4.69, 9.17) is 5.26 Å². The Kier molecular flexibility index (Phi) is 3.22. The Morgan fingerprint density at radius 2 is 1.85 bits per heavy atom. The van der Waals surface area contributed by atoms with E-state index in [1.807, 2.05) is 6.07 Å². The van der Waals surface area contributed by atoms with Crippen molar-refractivity contribution >= 4 is 17.6 Å². The average Bonchev–Trinajstić information content (AvgIpc) is 3.07. The largest absolute Gasteiger partial charge is 0.316 e. The number of hydrogen-bond donors (Lipinski definition) is 0. The van der Waals surface area contributed by atoms with E-state index < -0.39 is 6.04 Å². The first-order chi connectivity index (χ1) is 9.31. The van der Waals surface area contributed by atoms with Gasteiger partial charge in [0.1, 0.15) is 11.7 Å². The maximum absolute atomic E-state index is 12.4. The third kappa shape index (κ3) is 1.92. The van der Waals surface area contributed by atoms with Crippen LogP contribution in [0.3, 0.4) is 0 Å².